The van der Waals surface area contributed by atoms with Crippen LogP contribution in [-0.2, 0) is 20.7 Å². The van der Waals surface area contributed by atoms with E-state index in [-0.39, 0.29) is 28.5 Å². The van der Waals surface area contributed by atoms with Gasteiger partial charge in [0, 0.05) is 6.42 Å². The molecule has 1 saturated carbocycles. The summed E-state index contributed by atoms with van der Waals surface area (Å²) in [5, 5.41) is 13.3. The maximum atomic E-state index is 12.4. The molecular weight excluding hydrogens is 396 g/mol. The summed E-state index contributed by atoms with van der Waals surface area (Å²) in [4.78, 5) is 23.2. The van der Waals surface area contributed by atoms with Gasteiger partial charge in [0.15, 0.2) is 11.5 Å². The normalized spacial score (nSPS) is 15.9. The Balaban J connectivity index is 1.86. The molecule has 152 valence electrons. The van der Waals surface area contributed by atoms with Crippen molar-refractivity contribution in [2.24, 2.45) is 5.10 Å². The zero-order chi connectivity index (χ0) is 20.9. The summed E-state index contributed by atoms with van der Waals surface area (Å²) in [7, 11) is -4.00. The Morgan fingerprint density at radius 1 is 1.10 bits per heavy atom. The molecule has 2 aromatic rings. The van der Waals surface area contributed by atoms with Crippen LogP contribution in [-0.4, -0.2) is 31.0 Å². The van der Waals surface area contributed by atoms with Gasteiger partial charge in [-0.25, -0.2) is 4.79 Å². The predicted molar refractivity (Wildman–Crippen MR) is 108 cm³/mol. The summed E-state index contributed by atoms with van der Waals surface area (Å²) >= 11 is 0. The minimum absolute atomic E-state index is 0.0485. The summed E-state index contributed by atoms with van der Waals surface area (Å²) in [6.45, 7) is 0. The van der Waals surface area contributed by atoms with Crippen molar-refractivity contribution in [3.8, 4) is 5.75 Å². The van der Waals surface area contributed by atoms with Gasteiger partial charge in [-0.15, -0.1) is 0 Å². The van der Waals surface area contributed by atoms with Gasteiger partial charge in [-0.2, -0.15) is 13.5 Å². The van der Waals surface area contributed by atoms with Gasteiger partial charge in [0.25, 0.3) is 0 Å². The molecule has 0 amide bonds. The standard InChI is InChI=1S/C20H20N2O6S/c23-18-9-5-4-8-16(18)21-22-17-12-15(20(24)25)10-11-19(17)28-29(26,27)13-14-6-2-1-3-7-14/h1-3,6-7,10-12,22H,4-5,8-9,13H2,(H,24,25). The second kappa shape index (κ2) is 8.87. The predicted octanol–water partition coefficient (Wildman–Crippen LogP) is 3.20. The molecule has 2 aromatic carbocycles. The highest BCUT2D eigenvalue weighted by Crippen LogP contribution is 2.28. The molecule has 0 bridgehead atoms. The maximum Gasteiger partial charge on any atom is 0.335 e. The van der Waals surface area contributed by atoms with Crippen LogP contribution in [0.15, 0.2) is 53.6 Å². The number of nitrogens with zero attached hydrogens (tertiary/aromatic N) is 1. The third-order valence-corrected chi connectivity index (χ3v) is 5.45. The fraction of sp³-hybridized carbons (Fsp3) is 0.250. The van der Waals surface area contributed by atoms with Gasteiger partial charge in [0.2, 0.25) is 0 Å². The number of aromatic carboxylic acids is 1. The lowest BCUT2D eigenvalue weighted by Gasteiger charge is -2.14. The number of carbonyl (C=O) groups is 2. The number of anilines is 1. The molecule has 0 saturated heterocycles. The molecular formula is C20H20N2O6S. The molecule has 0 atom stereocenters. The second-order valence-electron chi connectivity index (χ2n) is 6.59. The number of Topliss-reactive ketones (excluding diaryl/α,β-unsaturated/α-hetero) is 1. The number of carboxylic acids is 1. The average molecular weight is 416 g/mol. The maximum absolute atomic E-state index is 12.4. The molecule has 0 radical (unpaired) electrons. The smallest absolute Gasteiger partial charge is 0.335 e. The fourth-order valence-electron chi connectivity index (χ4n) is 2.88. The van der Waals surface area contributed by atoms with Crippen LogP contribution in [0, 0.1) is 0 Å². The minimum atomic E-state index is -4.00. The first kappa shape index (κ1) is 20.5. The Kier molecular flexibility index (Phi) is 6.28. The molecule has 0 aromatic heterocycles. The zero-order valence-corrected chi connectivity index (χ0v) is 16.3. The molecule has 0 aliphatic heterocycles. The molecule has 0 unspecified atom stereocenters. The molecule has 1 aliphatic rings. The summed E-state index contributed by atoms with van der Waals surface area (Å²) in [5.41, 5.74) is 3.48. The molecule has 1 aliphatic carbocycles. The van der Waals surface area contributed by atoms with Crippen molar-refractivity contribution in [1.82, 2.24) is 0 Å². The Hall–Kier alpha value is -3.20. The van der Waals surface area contributed by atoms with Gasteiger partial charge in [-0.3, -0.25) is 10.2 Å². The first-order valence-corrected chi connectivity index (χ1v) is 10.6. The van der Waals surface area contributed by atoms with Gasteiger partial charge >= 0.3 is 16.1 Å². The van der Waals surface area contributed by atoms with Crippen LogP contribution in [0.4, 0.5) is 5.69 Å². The summed E-state index contributed by atoms with van der Waals surface area (Å²) in [6, 6.07) is 12.2. The number of hydrazone groups is 1. The number of hydrogen-bond acceptors (Lipinski definition) is 7. The molecule has 8 nitrogen and oxygen atoms in total. The largest absolute Gasteiger partial charge is 0.478 e. The quantitative estimate of drug-likeness (QED) is 0.525. The lowest BCUT2D eigenvalue weighted by molar-refractivity contribution is -0.113. The van der Waals surface area contributed by atoms with Crippen LogP contribution >= 0.6 is 0 Å². The molecule has 1 fully saturated rings. The minimum Gasteiger partial charge on any atom is -0.478 e. The van der Waals surface area contributed by atoms with Crippen molar-refractivity contribution in [1.29, 1.82) is 0 Å². The molecule has 29 heavy (non-hydrogen) atoms. The van der Waals surface area contributed by atoms with Crippen molar-refractivity contribution in [3.05, 3.63) is 59.7 Å². The lowest BCUT2D eigenvalue weighted by atomic mass is 9.97. The van der Waals surface area contributed by atoms with Crippen LogP contribution in [0.1, 0.15) is 41.6 Å². The Labute approximate surface area is 168 Å². The zero-order valence-electron chi connectivity index (χ0n) is 15.5. The Bertz CT molecular complexity index is 1050. The number of hydrogen-bond donors (Lipinski definition) is 2. The first-order chi connectivity index (χ1) is 13.8. The van der Waals surface area contributed by atoms with Gasteiger partial charge in [0.1, 0.15) is 17.2 Å². The number of carboxylic acid groups (broad SMARTS) is 1. The average Bonchev–Trinajstić information content (AvgIpc) is 2.68. The Morgan fingerprint density at radius 2 is 1.83 bits per heavy atom. The van der Waals surface area contributed by atoms with Crippen molar-refractivity contribution in [3.63, 3.8) is 0 Å². The fourth-order valence-corrected chi connectivity index (χ4v) is 3.95. The number of benzene rings is 2. The summed E-state index contributed by atoms with van der Waals surface area (Å²) < 4.78 is 30.1. The highest BCUT2D eigenvalue weighted by molar-refractivity contribution is 7.86. The van der Waals surface area contributed by atoms with Crippen LogP contribution in [0.2, 0.25) is 0 Å². The molecule has 9 heteroatoms. The highest BCUT2D eigenvalue weighted by atomic mass is 32.2. The van der Waals surface area contributed by atoms with E-state index in [1.165, 1.54) is 18.2 Å². The highest BCUT2D eigenvalue weighted by Gasteiger charge is 2.20. The number of rotatable bonds is 7. The molecule has 2 N–H and O–H groups in total. The van der Waals surface area contributed by atoms with E-state index < -0.39 is 16.1 Å². The number of ketones is 1. The summed E-state index contributed by atoms with van der Waals surface area (Å²) in [6.07, 6.45) is 2.55. The molecule has 0 heterocycles. The van der Waals surface area contributed by atoms with Crippen molar-refractivity contribution in [2.45, 2.75) is 31.4 Å². The van der Waals surface area contributed by atoms with Crippen LogP contribution in [0.25, 0.3) is 0 Å². The SMILES string of the molecule is O=C1CCCCC1=NNc1cc(C(=O)O)ccc1OS(=O)(=O)Cc1ccccc1. The van der Waals surface area contributed by atoms with Crippen LogP contribution in [0.3, 0.4) is 0 Å². The van der Waals surface area contributed by atoms with Gasteiger partial charge in [-0.05, 0) is 43.0 Å². The summed E-state index contributed by atoms with van der Waals surface area (Å²) in [5.74, 6) is -1.72. The second-order valence-corrected chi connectivity index (χ2v) is 8.16. The van der Waals surface area contributed by atoms with Crippen molar-refractivity contribution < 1.29 is 27.3 Å². The van der Waals surface area contributed by atoms with E-state index in [0.29, 0.717) is 24.1 Å². The number of carbonyl (C=O) groups excluding carboxylic acids is 1. The first-order valence-electron chi connectivity index (χ1n) is 9.03. The number of nitrogens with one attached hydrogen (secondary N) is 1. The lowest BCUT2D eigenvalue weighted by Crippen LogP contribution is -2.20. The van der Waals surface area contributed by atoms with E-state index in [9.17, 15) is 23.1 Å². The van der Waals surface area contributed by atoms with Gasteiger partial charge in [0.05, 0.1) is 5.56 Å². The van der Waals surface area contributed by atoms with E-state index >= 15 is 0 Å². The van der Waals surface area contributed by atoms with E-state index in [2.05, 4.69) is 10.5 Å². The molecule has 3 rings (SSSR count). The van der Waals surface area contributed by atoms with Crippen molar-refractivity contribution >= 4 is 33.3 Å². The topological polar surface area (TPSA) is 122 Å². The molecule has 0 spiro atoms. The van der Waals surface area contributed by atoms with Crippen molar-refractivity contribution in [2.75, 3.05) is 5.43 Å². The van der Waals surface area contributed by atoms with E-state index in [0.717, 1.165) is 12.8 Å². The third-order valence-electron chi connectivity index (χ3n) is 4.33. The van der Waals surface area contributed by atoms with Gasteiger partial charge < -0.3 is 9.29 Å². The van der Waals surface area contributed by atoms with E-state index in [1.807, 2.05) is 0 Å². The van der Waals surface area contributed by atoms with E-state index in [4.69, 9.17) is 4.18 Å². The van der Waals surface area contributed by atoms with Crippen LogP contribution in [0.5, 0.6) is 5.75 Å². The van der Waals surface area contributed by atoms with Gasteiger partial charge in [-0.1, -0.05) is 30.3 Å². The monoisotopic (exact) mass is 416 g/mol. The Morgan fingerprint density at radius 3 is 2.52 bits per heavy atom. The van der Waals surface area contributed by atoms with E-state index in [1.54, 1.807) is 30.3 Å². The third kappa shape index (κ3) is 5.64. The van der Waals surface area contributed by atoms with Crippen LogP contribution < -0.4 is 9.61 Å².